The lowest BCUT2D eigenvalue weighted by Crippen LogP contribution is -2.23. The van der Waals surface area contributed by atoms with Crippen LogP contribution in [0.5, 0.6) is 5.75 Å². The average Bonchev–Trinajstić information content (AvgIpc) is 3.02. The highest BCUT2D eigenvalue weighted by Gasteiger charge is 2.18. The van der Waals surface area contributed by atoms with Crippen LogP contribution >= 0.6 is 27.5 Å². The molecule has 0 aliphatic rings. The molecule has 3 aromatic rings. The molecule has 2 heterocycles. The second-order valence-corrected chi connectivity index (χ2v) is 6.63. The van der Waals surface area contributed by atoms with Gasteiger partial charge in [0.05, 0.1) is 10.7 Å². The third kappa shape index (κ3) is 2.69. The third-order valence-electron chi connectivity index (χ3n) is 3.03. The van der Waals surface area contributed by atoms with Crippen molar-refractivity contribution in [3.63, 3.8) is 0 Å². The van der Waals surface area contributed by atoms with Crippen molar-refractivity contribution in [1.82, 2.24) is 24.2 Å². The molecule has 3 rings (SSSR count). The number of para-hydroxylation sites is 1. The molecule has 9 heteroatoms. The van der Waals surface area contributed by atoms with Crippen molar-refractivity contribution in [1.29, 1.82) is 0 Å². The largest absolute Gasteiger partial charge is 0.488 e. The fourth-order valence-corrected chi connectivity index (χ4v) is 2.95. The second kappa shape index (κ2) is 6.01. The zero-order valence-electron chi connectivity index (χ0n) is 12.8. The summed E-state index contributed by atoms with van der Waals surface area (Å²) in [7, 11) is 1.52. The molecular weight excluding hydrogens is 370 g/mol. The lowest BCUT2D eigenvalue weighted by atomic mass is 10.2. The van der Waals surface area contributed by atoms with Gasteiger partial charge >= 0.3 is 5.69 Å². The standard InChI is InChI=1S/C13H12BrN5O2S/c1-8-5-3-4-6-10(8)21-7-9-11(14)22-15-12(9)19-13(20)18(2)16-17-19/h3-6H,7H2,1-2H3/i3T. The van der Waals surface area contributed by atoms with E-state index in [1.807, 2.05) is 6.92 Å². The Kier molecular flexibility index (Phi) is 3.73. The number of hydrogen-bond donors (Lipinski definition) is 0. The molecule has 0 radical (unpaired) electrons. The van der Waals surface area contributed by atoms with E-state index in [1.165, 1.54) is 18.6 Å². The number of aromatic nitrogens is 5. The van der Waals surface area contributed by atoms with Crippen LogP contribution in [0.2, 0.25) is 0 Å². The van der Waals surface area contributed by atoms with Crippen LogP contribution in [0.1, 0.15) is 12.5 Å². The quantitative estimate of drug-likeness (QED) is 0.689. The van der Waals surface area contributed by atoms with Gasteiger partial charge in [-0.15, -0.1) is 4.68 Å². The van der Waals surface area contributed by atoms with E-state index in [0.29, 0.717) is 23.2 Å². The molecule has 0 spiro atoms. The molecular formula is C13H12BrN5O2S. The molecule has 0 aliphatic heterocycles. The topological polar surface area (TPSA) is 74.8 Å². The SMILES string of the molecule is [3H]c1ccc(OCc2c(-n3nnn(C)c3=O)nsc2Br)c(C)c1. The summed E-state index contributed by atoms with van der Waals surface area (Å²) < 4.78 is 20.7. The summed E-state index contributed by atoms with van der Waals surface area (Å²) in [6.07, 6.45) is 0. The minimum Gasteiger partial charge on any atom is -0.488 e. The van der Waals surface area contributed by atoms with Crippen molar-refractivity contribution >= 4 is 27.5 Å². The smallest absolute Gasteiger partial charge is 0.369 e. The molecule has 0 atom stereocenters. The Balaban J connectivity index is 1.90. The van der Waals surface area contributed by atoms with Crippen molar-refractivity contribution in [3.8, 4) is 11.6 Å². The van der Waals surface area contributed by atoms with Gasteiger partial charge in [0, 0.05) is 7.05 Å². The molecule has 0 bridgehead atoms. The third-order valence-corrected chi connectivity index (χ3v) is 4.62. The molecule has 0 saturated heterocycles. The first-order valence-corrected chi connectivity index (χ1v) is 7.87. The minimum absolute atomic E-state index is 0.216. The molecule has 0 amide bonds. The van der Waals surface area contributed by atoms with Gasteiger partial charge in [0.15, 0.2) is 5.82 Å². The number of hydrogen-bond acceptors (Lipinski definition) is 6. The van der Waals surface area contributed by atoms with Crippen LogP contribution < -0.4 is 10.4 Å². The molecule has 1 aromatic carbocycles. The molecule has 7 nitrogen and oxygen atoms in total. The van der Waals surface area contributed by atoms with Gasteiger partial charge < -0.3 is 4.74 Å². The highest BCUT2D eigenvalue weighted by molar-refractivity contribution is 9.11. The second-order valence-electron chi connectivity index (χ2n) is 4.54. The molecule has 114 valence electrons. The number of ether oxygens (including phenoxy) is 1. The molecule has 0 aliphatic carbocycles. The van der Waals surface area contributed by atoms with Crippen molar-refractivity contribution in [2.75, 3.05) is 0 Å². The summed E-state index contributed by atoms with van der Waals surface area (Å²) in [6, 6.07) is 5.57. The van der Waals surface area contributed by atoms with Gasteiger partial charge in [0.1, 0.15) is 12.4 Å². The normalized spacial score (nSPS) is 11.5. The van der Waals surface area contributed by atoms with Crippen LogP contribution in [0.25, 0.3) is 5.82 Å². The van der Waals surface area contributed by atoms with Crippen molar-refractivity contribution in [2.24, 2.45) is 7.05 Å². The van der Waals surface area contributed by atoms with Crippen molar-refractivity contribution < 1.29 is 6.11 Å². The maximum absolute atomic E-state index is 12.0. The van der Waals surface area contributed by atoms with E-state index in [-0.39, 0.29) is 12.3 Å². The van der Waals surface area contributed by atoms with Gasteiger partial charge in [-0.2, -0.15) is 9.06 Å². The van der Waals surface area contributed by atoms with Crippen LogP contribution in [-0.2, 0) is 13.7 Å². The van der Waals surface area contributed by atoms with Gasteiger partial charge in [-0.3, -0.25) is 0 Å². The summed E-state index contributed by atoms with van der Waals surface area (Å²) in [5, 5.41) is 7.49. The minimum atomic E-state index is -0.376. The number of halogens is 1. The molecule has 22 heavy (non-hydrogen) atoms. The Hall–Kier alpha value is -2.00. The monoisotopic (exact) mass is 383 g/mol. The summed E-state index contributed by atoms with van der Waals surface area (Å²) in [6.45, 7) is 2.09. The van der Waals surface area contributed by atoms with Crippen molar-refractivity contribution in [2.45, 2.75) is 13.5 Å². The first kappa shape index (κ1) is 13.6. The summed E-state index contributed by atoms with van der Waals surface area (Å²) >= 11 is 4.63. The first-order chi connectivity index (χ1) is 11.0. The van der Waals surface area contributed by atoms with Gasteiger partial charge in [-0.05, 0) is 56.4 Å². The number of nitrogens with zero attached hydrogens (tertiary/aromatic N) is 5. The Bertz CT molecular complexity index is 919. The van der Waals surface area contributed by atoms with E-state index in [9.17, 15) is 4.79 Å². The number of tetrazole rings is 1. The molecule has 0 saturated carbocycles. The van der Waals surface area contributed by atoms with Crippen LogP contribution in [0.15, 0.2) is 32.8 Å². The maximum atomic E-state index is 12.0. The molecule has 0 N–H and O–H groups in total. The van der Waals surface area contributed by atoms with E-state index >= 15 is 0 Å². The van der Waals surface area contributed by atoms with E-state index in [2.05, 4.69) is 30.7 Å². The van der Waals surface area contributed by atoms with E-state index in [0.717, 1.165) is 18.7 Å². The summed E-state index contributed by atoms with van der Waals surface area (Å²) in [4.78, 5) is 12.0. The lowest BCUT2D eigenvalue weighted by Gasteiger charge is -2.09. The fraction of sp³-hybridized carbons (Fsp3) is 0.231. The number of rotatable bonds is 4. The zero-order chi connectivity index (χ0) is 16.6. The summed E-state index contributed by atoms with van der Waals surface area (Å²) in [5.74, 6) is 1.08. The van der Waals surface area contributed by atoms with Gasteiger partial charge in [-0.25, -0.2) is 4.79 Å². The first-order valence-electron chi connectivity index (χ1n) is 6.81. The lowest BCUT2D eigenvalue weighted by molar-refractivity contribution is 0.303. The Morgan fingerprint density at radius 2 is 2.27 bits per heavy atom. The van der Waals surface area contributed by atoms with Crippen LogP contribution in [0.4, 0.5) is 0 Å². The Labute approximate surface area is 139 Å². The van der Waals surface area contributed by atoms with Gasteiger partial charge in [0.2, 0.25) is 0 Å². The average molecular weight is 384 g/mol. The van der Waals surface area contributed by atoms with Crippen LogP contribution in [-0.4, -0.2) is 24.2 Å². The maximum Gasteiger partial charge on any atom is 0.369 e. The van der Waals surface area contributed by atoms with Crippen LogP contribution in [0.3, 0.4) is 0 Å². The van der Waals surface area contributed by atoms with Gasteiger partial charge in [-0.1, -0.05) is 18.2 Å². The molecule has 0 fully saturated rings. The highest BCUT2D eigenvalue weighted by Crippen LogP contribution is 2.28. The Morgan fingerprint density at radius 1 is 1.45 bits per heavy atom. The molecule has 2 aromatic heterocycles. The zero-order valence-corrected chi connectivity index (χ0v) is 14.2. The predicted molar refractivity (Wildman–Crippen MR) is 85.5 cm³/mol. The fourth-order valence-electron chi connectivity index (χ4n) is 1.83. The van der Waals surface area contributed by atoms with Crippen molar-refractivity contribution in [3.05, 3.63) is 49.6 Å². The van der Waals surface area contributed by atoms with E-state index in [1.54, 1.807) is 18.2 Å². The number of aryl methyl sites for hydroxylation is 2. The van der Waals surface area contributed by atoms with E-state index in [4.69, 9.17) is 6.11 Å². The summed E-state index contributed by atoms with van der Waals surface area (Å²) in [5.41, 5.74) is 1.21. The van der Waals surface area contributed by atoms with Crippen LogP contribution in [0, 0.1) is 6.92 Å². The number of benzene rings is 1. The van der Waals surface area contributed by atoms with Gasteiger partial charge in [0.25, 0.3) is 0 Å². The predicted octanol–water partition coefficient (Wildman–Crippen LogP) is 2.07. The highest BCUT2D eigenvalue weighted by atomic mass is 79.9. The Morgan fingerprint density at radius 3 is 2.95 bits per heavy atom. The van der Waals surface area contributed by atoms with E-state index < -0.39 is 0 Å². The molecule has 0 unspecified atom stereocenters.